The molecule has 0 aliphatic heterocycles. The minimum atomic E-state index is -0.599. The van der Waals surface area contributed by atoms with E-state index in [4.69, 9.17) is 5.21 Å². The lowest BCUT2D eigenvalue weighted by Gasteiger charge is -2.00. The minimum Gasteiger partial charge on any atom is -0.356 e. The van der Waals surface area contributed by atoms with Gasteiger partial charge in [-0.2, -0.15) is 0 Å². The fraction of sp³-hybridized carbons (Fsp3) is 0.0667. The van der Waals surface area contributed by atoms with Crippen molar-refractivity contribution >= 4 is 16.9 Å². The van der Waals surface area contributed by atoms with Crippen molar-refractivity contribution in [2.24, 2.45) is 0 Å². The minimum absolute atomic E-state index is 0.279. The van der Waals surface area contributed by atoms with Crippen molar-refractivity contribution < 1.29 is 14.4 Å². The number of amides is 1. The highest BCUT2D eigenvalue weighted by molar-refractivity contribution is 6.04. The van der Waals surface area contributed by atoms with E-state index in [9.17, 15) is 9.18 Å². The first-order valence-corrected chi connectivity index (χ1v) is 6.33. The summed E-state index contributed by atoms with van der Waals surface area (Å²) in [6.07, 6.45) is 2.07. The summed E-state index contributed by atoms with van der Waals surface area (Å²) in [6, 6.07) is 9.56. The van der Waals surface area contributed by atoms with Gasteiger partial charge in [0.25, 0.3) is 5.91 Å². The molecule has 3 N–H and O–H groups in total. The number of halogens is 1. The predicted molar refractivity (Wildman–Crippen MR) is 74.6 cm³/mol. The van der Waals surface area contributed by atoms with Gasteiger partial charge in [0.15, 0.2) is 0 Å². The zero-order valence-corrected chi connectivity index (χ0v) is 10.9. The van der Waals surface area contributed by atoms with Gasteiger partial charge in [-0.25, -0.2) is 9.87 Å². The zero-order valence-electron chi connectivity index (χ0n) is 10.9. The standard InChI is InChI=1S/C15H12FN3O2/c16-10-3-1-9(2-4-10)7-11-8-13-14(18-11)12(5-6-17-13)15(20)19-21/h1-6,8,18,21H,7H2,(H,19,20). The normalized spacial score (nSPS) is 10.8. The molecule has 0 bridgehead atoms. The monoisotopic (exact) mass is 285 g/mol. The smallest absolute Gasteiger partial charge is 0.276 e. The van der Waals surface area contributed by atoms with Crippen molar-refractivity contribution in [3.63, 3.8) is 0 Å². The maximum absolute atomic E-state index is 12.9. The SMILES string of the molecule is O=C(NO)c1ccnc2cc(Cc3ccc(F)cc3)[nH]c12. The van der Waals surface area contributed by atoms with E-state index in [0.717, 1.165) is 11.3 Å². The van der Waals surface area contributed by atoms with Crippen molar-refractivity contribution in [2.45, 2.75) is 6.42 Å². The topological polar surface area (TPSA) is 78.0 Å². The number of H-pyrrole nitrogens is 1. The summed E-state index contributed by atoms with van der Waals surface area (Å²) < 4.78 is 12.9. The molecule has 0 unspecified atom stereocenters. The fourth-order valence-electron chi connectivity index (χ4n) is 2.25. The summed E-state index contributed by atoms with van der Waals surface area (Å²) >= 11 is 0. The number of rotatable bonds is 3. The molecule has 0 saturated carbocycles. The first-order chi connectivity index (χ1) is 10.2. The molecule has 3 aromatic rings. The lowest BCUT2D eigenvalue weighted by molar-refractivity contribution is 0.0708. The Balaban J connectivity index is 1.97. The number of hydrogen-bond donors (Lipinski definition) is 3. The Labute approximate surface area is 119 Å². The summed E-state index contributed by atoms with van der Waals surface area (Å²) in [5.74, 6) is -0.878. The van der Waals surface area contributed by atoms with Gasteiger partial charge in [0.1, 0.15) is 5.82 Å². The van der Waals surface area contributed by atoms with Crippen molar-refractivity contribution in [3.8, 4) is 0 Å². The summed E-state index contributed by atoms with van der Waals surface area (Å²) in [7, 11) is 0. The number of carbonyl (C=O) groups is 1. The Kier molecular flexibility index (Phi) is 3.37. The van der Waals surface area contributed by atoms with Crippen LogP contribution in [-0.4, -0.2) is 21.1 Å². The Morgan fingerprint density at radius 1 is 1.29 bits per heavy atom. The number of aromatic amines is 1. The summed E-state index contributed by atoms with van der Waals surface area (Å²) in [6.45, 7) is 0. The molecular weight excluding hydrogens is 273 g/mol. The van der Waals surface area contributed by atoms with Crippen molar-refractivity contribution in [1.82, 2.24) is 15.4 Å². The first-order valence-electron chi connectivity index (χ1n) is 6.33. The maximum atomic E-state index is 12.9. The lowest BCUT2D eigenvalue weighted by atomic mass is 10.1. The van der Waals surface area contributed by atoms with Gasteiger partial charge >= 0.3 is 0 Å². The number of hydrogen-bond acceptors (Lipinski definition) is 3. The molecule has 2 heterocycles. The highest BCUT2D eigenvalue weighted by atomic mass is 19.1. The fourth-order valence-corrected chi connectivity index (χ4v) is 2.25. The lowest BCUT2D eigenvalue weighted by Crippen LogP contribution is -2.19. The average Bonchev–Trinajstić information content (AvgIpc) is 2.91. The third-order valence-electron chi connectivity index (χ3n) is 3.23. The van der Waals surface area contributed by atoms with Crippen molar-refractivity contribution in [1.29, 1.82) is 0 Å². The molecule has 3 rings (SSSR count). The quantitative estimate of drug-likeness (QED) is 0.511. The van der Waals surface area contributed by atoms with E-state index in [1.165, 1.54) is 24.4 Å². The Bertz CT molecular complexity index is 796. The number of fused-ring (bicyclic) bond motifs is 1. The van der Waals surface area contributed by atoms with Crippen LogP contribution in [0.1, 0.15) is 21.6 Å². The van der Waals surface area contributed by atoms with Gasteiger partial charge in [0.2, 0.25) is 0 Å². The van der Waals surface area contributed by atoms with Crippen molar-refractivity contribution in [3.05, 3.63) is 65.2 Å². The Hall–Kier alpha value is -2.73. The number of aromatic nitrogens is 2. The van der Waals surface area contributed by atoms with E-state index < -0.39 is 5.91 Å². The van der Waals surface area contributed by atoms with Crippen LogP contribution in [0.25, 0.3) is 11.0 Å². The van der Waals surface area contributed by atoms with Gasteiger partial charge in [-0.15, -0.1) is 0 Å². The second kappa shape index (κ2) is 5.34. The molecule has 0 aliphatic rings. The number of nitrogens with zero attached hydrogens (tertiary/aromatic N) is 1. The number of carbonyl (C=O) groups excluding carboxylic acids is 1. The number of pyridine rings is 1. The van der Waals surface area contributed by atoms with E-state index in [1.54, 1.807) is 17.6 Å². The van der Waals surface area contributed by atoms with Crippen LogP contribution in [0.4, 0.5) is 4.39 Å². The third-order valence-corrected chi connectivity index (χ3v) is 3.23. The predicted octanol–water partition coefficient (Wildman–Crippen LogP) is 2.41. The van der Waals surface area contributed by atoms with Gasteiger partial charge in [-0.05, 0) is 29.8 Å². The first kappa shape index (κ1) is 13.3. The van der Waals surface area contributed by atoms with Crippen molar-refractivity contribution in [2.75, 3.05) is 0 Å². The number of benzene rings is 1. The largest absolute Gasteiger partial charge is 0.356 e. The molecule has 0 spiro atoms. The second-order valence-electron chi connectivity index (χ2n) is 4.66. The molecule has 106 valence electrons. The Morgan fingerprint density at radius 3 is 2.76 bits per heavy atom. The zero-order chi connectivity index (χ0) is 14.8. The molecule has 2 aromatic heterocycles. The summed E-state index contributed by atoms with van der Waals surface area (Å²) in [5, 5.41) is 8.75. The molecule has 0 saturated heterocycles. The van der Waals surface area contributed by atoms with Crippen LogP contribution in [0.2, 0.25) is 0 Å². The molecule has 1 aromatic carbocycles. The van der Waals surface area contributed by atoms with Crippen LogP contribution < -0.4 is 5.48 Å². The molecule has 5 nitrogen and oxygen atoms in total. The van der Waals surface area contributed by atoms with Crippen LogP contribution >= 0.6 is 0 Å². The molecule has 0 radical (unpaired) electrons. The molecule has 0 atom stereocenters. The average molecular weight is 285 g/mol. The van der Waals surface area contributed by atoms with E-state index in [2.05, 4.69) is 9.97 Å². The van der Waals surface area contributed by atoms with Crippen LogP contribution in [0.15, 0.2) is 42.6 Å². The molecule has 21 heavy (non-hydrogen) atoms. The van der Waals surface area contributed by atoms with E-state index >= 15 is 0 Å². The van der Waals surface area contributed by atoms with E-state index in [1.807, 2.05) is 6.07 Å². The number of nitrogens with one attached hydrogen (secondary N) is 2. The van der Waals surface area contributed by atoms with Crippen LogP contribution in [0.5, 0.6) is 0 Å². The highest BCUT2D eigenvalue weighted by Crippen LogP contribution is 2.19. The van der Waals surface area contributed by atoms with Gasteiger partial charge in [-0.1, -0.05) is 12.1 Å². The third kappa shape index (κ3) is 2.61. The van der Waals surface area contributed by atoms with Gasteiger partial charge in [-0.3, -0.25) is 15.0 Å². The highest BCUT2D eigenvalue weighted by Gasteiger charge is 2.12. The summed E-state index contributed by atoms with van der Waals surface area (Å²) in [5.41, 5.74) is 4.90. The van der Waals surface area contributed by atoms with E-state index in [0.29, 0.717) is 23.0 Å². The van der Waals surface area contributed by atoms with Crippen LogP contribution in [0, 0.1) is 5.82 Å². The molecule has 0 aliphatic carbocycles. The molecule has 6 heteroatoms. The van der Waals surface area contributed by atoms with Crippen LogP contribution in [-0.2, 0) is 6.42 Å². The van der Waals surface area contributed by atoms with Gasteiger partial charge in [0.05, 0.1) is 16.6 Å². The molecule has 0 fully saturated rings. The Morgan fingerprint density at radius 2 is 2.05 bits per heavy atom. The van der Waals surface area contributed by atoms with Gasteiger partial charge < -0.3 is 4.98 Å². The number of hydroxylamine groups is 1. The van der Waals surface area contributed by atoms with E-state index in [-0.39, 0.29) is 5.82 Å². The van der Waals surface area contributed by atoms with Crippen LogP contribution in [0.3, 0.4) is 0 Å². The summed E-state index contributed by atoms with van der Waals surface area (Å²) in [4.78, 5) is 18.9. The maximum Gasteiger partial charge on any atom is 0.276 e. The van der Waals surface area contributed by atoms with Gasteiger partial charge in [0, 0.05) is 18.3 Å². The molecule has 1 amide bonds. The second-order valence-corrected chi connectivity index (χ2v) is 4.66. The molecular formula is C15H12FN3O2.